The third-order valence-electron chi connectivity index (χ3n) is 4.40. The first-order valence-corrected chi connectivity index (χ1v) is 10.1. The highest BCUT2D eigenvalue weighted by molar-refractivity contribution is 8.04. The molecular weight excluding hydrogens is 422 g/mol. The van der Waals surface area contributed by atoms with Gasteiger partial charge in [-0.3, -0.25) is 5.10 Å². The predicted octanol–water partition coefficient (Wildman–Crippen LogP) is 5.50. The van der Waals surface area contributed by atoms with E-state index in [1.54, 1.807) is 31.4 Å². The van der Waals surface area contributed by atoms with Gasteiger partial charge in [0.25, 0.3) is 0 Å². The van der Waals surface area contributed by atoms with Crippen LogP contribution in [0.2, 0.25) is 5.02 Å². The molecule has 1 aromatic heterocycles. The van der Waals surface area contributed by atoms with Crippen LogP contribution >= 0.6 is 23.4 Å². The van der Waals surface area contributed by atoms with Gasteiger partial charge in [0.2, 0.25) is 5.16 Å². The number of carboxylic acids is 1. The summed E-state index contributed by atoms with van der Waals surface area (Å²) in [6.45, 7) is 0. The second-order valence-electron chi connectivity index (χ2n) is 6.30. The summed E-state index contributed by atoms with van der Waals surface area (Å²) in [7, 11) is 1.55. The van der Waals surface area contributed by atoms with Crippen LogP contribution in [0, 0.1) is 0 Å². The lowest BCUT2D eigenvalue weighted by Gasteiger charge is -2.05. The van der Waals surface area contributed by atoms with Gasteiger partial charge in [0, 0.05) is 5.02 Å². The molecule has 3 aromatic carbocycles. The summed E-state index contributed by atoms with van der Waals surface area (Å²) >= 11 is 7.05. The number of benzene rings is 3. The number of carboxylic acid groups (broad SMARTS) is 1. The van der Waals surface area contributed by atoms with Crippen LogP contribution in [0.3, 0.4) is 0 Å². The van der Waals surface area contributed by atoms with Crippen LogP contribution in [0.5, 0.6) is 5.75 Å². The van der Waals surface area contributed by atoms with Crippen LogP contribution in [0.1, 0.15) is 5.56 Å². The number of ether oxygens (including phenoxy) is 1. The zero-order valence-electron chi connectivity index (χ0n) is 15.8. The fourth-order valence-corrected chi connectivity index (χ4v) is 3.90. The standard InChI is InChI=1S/C22H16ClN3O3S/c1-29-18-10-9-15(23)12-17(18)20-24-22(26-25-20)30-19(21(27)28)11-14-7-4-6-13-5-2-3-8-16(13)14/h2-12H,1H3,(H,27,28)(H,24,25,26)/b19-11-. The molecule has 0 radical (unpaired) electrons. The van der Waals surface area contributed by atoms with Crippen LogP contribution in [0.4, 0.5) is 0 Å². The van der Waals surface area contributed by atoms with E-state index >= 15 is 0 Å². The summed E-state index contributed by atoms with van der Waals surface area (Å²) in [5.41, 5.74) is 1.45. The maximum absolute atomic E-state index is 11.9. The third-order valence-corrected chi connectivity index (χ3v) is 5.52. The predicted molar refractivity (Wildman–Crippen MR) is 119 cm³/mol. The van der Waals surface area contributed by atoms with E-state index in [2.05, 4.69) is 15.2 Å². The zero-order valence-corrected chi connectivity index (χ0v) is 17.4. The molecule has 0 aliphatic carbocycles. The number of carbonyl (C=O) groups is 1. The lowest BCUT2D eigenvalue weighted by Crippen LogP contribution is -1.97. The summed E-state index contributed by atoms with van der Waals surface area (Å²) < 4.78 is 5.34. The van der Waals surface area contributed by atoms with Gasteiger partial charge in [-0.15, -0.1) is 5.10 Å². The van der Waals surface area contributed by atoms with E-state index in [1.165, 1.54) is 0 Å². The highest BCUT2D eigenvalue weighted by Crippen LogP contribution is 2.33. The molecule has 0 unspecified atom stereocenters. The van der Waals surface area contributed by atoms with Gasteiger partial charge in [-0.25, -0.2) is 9.78 Å². The number of nitrogens with zero attached hydrogens (tertiary/aromatic N) is 2. The van der Waals surface area contributed by atoms with E-state index in [0.717, 1.165) is 28.1 Å². The van der Waals surface area contributed by atoms with Gasteiger partial charge >= 0.3 is 5.97 Å². The second-order valence-corrected chi connectivity index (χ2v) is 7.74. The smallest absolute Gasteiger partial charge is 0.342 e. The van der Waals surface area contributed by atoms with Crippen molar-refractivity contribution < 1.29 is 14.6 Å². The fraction of sp³-hybridized carbons (Fsp3) is 0.0455. The average Bonchev–Trinajstić information content (AvgIpc) is 3.22. The second kappa shape index (κ2) is 8.61. The number of H-pyrrole nitrogens is 1. The number of nitrogens with one attached hydrogen (secondary N) is 1. The van der Waals surface area contributed by atoms with Crippen LogP contribution < -0.4 is 4.74 Å². The molecule has 0 bridgehead atoms. The molecule has 30 heavy (non-hydrogen) atoms. The minimum absolute atomic E-state index is 0.106. The van der Waals surface area contributed by atoms with Crippen molar-refractivity contribution in [1.29, 1.82) is 0 Å². The van der Waals surface area contributed by atoms with Crippen molar-refractivity contribution in [2.45, 2.75) is 5.16 Å². The SMILES string of the molecule is COc1ccc(Cl)cc1-c1nc(S/C(=C\c2cccc3ccccc23)C(=O)O)n[nH]1. The number of fused-ring (bicyclic) bond motifs is 1. The van der Waals surface area contributed by atoms with Crippen molar-refractivity contribution in [2.75, 3.05) is 7.11 Å². The molecule has 0 saturated carbocycles. The maximum atomic E-state index is 11.9. The van der Waals surface area contributed by atoms with Crippen LogP contribution in [0.15, 0.2) is 70.7 Å². The van der Waals surface area contributed by atoms with Crippen molar-refractivity contribution >= 4 is 46.2 Å². The van der Waals surface area contributed by atoms with Gasteiger partial charge < -0.3 is 9.84 Å². The number of methoxy groups -OCH3 is 1. The molecule has 4 aromatic rings. The molecule has 8 heteroatoms. The molecule has 0 fully saturated rings. The number of thioether (sulfide) groups is 1. The Balaban J connectivity index is 1.68. The minimum Gasteiger partial charge on any atom is -0.496 e. The van der Waals surface area contributed by atoms with E-state index in [0.29, 0.717) is 22.2 Å². The summed E-state index contributed by atoms with van der Waals surface area (Å²) in [6.07, 6.45) is 1.63. The number of aromatic amines is 1. The third kappa shape index (κ3) is 4.17. The molecule has 6 nitrogen and oxygen atoms in total. The Morgan fingerprint density at radius 2 is 1.97 bits per heavy atom. The topological polar surface area (TPSA) is 88.1 Å². The molecule has 150 valence electrons. The highest BCUT2D eigenvalue weighted by Gasteiger charge is 2.17. The summed E-state index contributed by atoms with van der Waals surface area (Å²) in [5.74, 6) is -0.0387. The Morgan fingerprint density at radius 3 is 2.77 bits per heavy atom. The Morgan fingerprint density at radius 1 is 1.17 bits per heavy atom. The molecule has 4 rings (SSSR count). The number of hydrogen-bond donors (Lipinski definition) is 2. The molecule has 0 spiro atoms. The largest absolute Gasteiger partial charge is 0.496 e. The van der Waals surface area contributed by atoms with Gasteiger partial charge in [-0.2, -0.15) is 0 Å². The first-order chi connectivity index (χ1) is 14.5. The minimum atomic E-state index is -1.06. The Labute approximate surface area is 181 Å². The lowest BCUT2D eigenvalue weighted by molar-refractivity contribution is -0.131. The number of halogens is 1. The summed E-state index contributed by atoms with van der Waals surface area (Å²) in [6, 6.07) is 18.7. The van der Waals surface area contributed by atoms with E-state index < -0.39 is 5.97 Å². The van der Waals surface area contributed by atoms with Gasteiger partial charge in [0.05, 0.1) is 12.7 Å². The van der Waals surface area contributed by atoms with Crippen LogP contribution in [0.25, 0.3) is 28.2 Å². The van der Waals surface area contributed by atoms with Crippen molar-refractivity contribution in [1.82, 2.24) is 15.2 Å². The number of aliphatic carboxylic acids is 1. The summed E-state index contributed by atoms with van der Waals surface area (Å²) in [5, 5.41) is 19.5. The van der Waals surface area contributed by atoms with Crippen LogP contribution in [-0.2, 0) is 4.79 Å². The molecule has 1 heterocycles. The average molecular weight is 438 g/mol. The number of rotatable bonds is 6. The molecule has 0 atom stereocenters. The quantitative estimate of drug-likeness (QED) is 0.305. The van der Waals surface area contributed by atoms with Gasteiger partial charge in [-0.1, -0.05) is 54.1 Å². The van der Waals surface area contributed by atoms with E-state index in [4.69, 9.17) is 16.3 Å². The van der Waals surface area contributed by atoms with Gasteiger partial charge in [0.15, 0.2) is 5.82 Å². The molecule has 0 amide bonds. The van der Waals surface area contributed by atoms with Gasteiger partial charge in [-0.05, 0) is 52.4 Å². The van der Waals surface area contributed by atoms with Crippen molar-refractivity contribution in [3.63, 3.8) is 0 Å². The zero-order chi connectivity index (χ0) is 21.1. The molecule has 0 saturated heterocycles. The van der Waals surface area contributed by atoms with E-state index in [9.17, 15) is 9.90 Å². The Kier molecular flexibility index (Phi) is 5.74. The molecule has 2 N–H and O–H groups in total. The van der Waals surface area contributed by atoms with E-state index in [1.807, 2.05) is 42.5 Å². The molecule has 0 aliphatic rings. The van der Waals surface area contributed by atoms with Crippen molar-refractivity contribution in [3.8, 4) is 17.1 Å². The Bertz CT molecular complexity index is 1260. The number of aromatic nitrogens is 3. The van der Waals surface area contributed by atoms with Crippen molar-refractivity contribution in [3.05, 3.63) is 76.2 Å². The monoisotopic (exact) mass is 437 g/mol. The molecule has 0 aliphatic heterocycles. The first kappa shape index (κ1) is 20.0. The fourth-order valence-electron chi connectivity index (χ4n) is 3.03. The highest BCUT2D eigenvalue weighted by atomic mass is 35.5. The van der Waals surface area contributed by atoms with Crippen LogP contribution in [-0.4, -0.2) is 33.4 Å². The summed E-state index contributed by atoms with van der Waals surface area (Å²) in [4.78, 5) is 16.4. The van der Waals surface area contributed by atoms with E-state index in [-0.39, 0.29) is 10.1 Å². The number of hydrogen-bond acceptors (Lipinski definition) is 5. The first-order valence-electron chi connectivity index (χ1n) is 8.92. The van der Waals surface area contributed by atoms with Crippen molar-refractivity contribution in [2.24, 2.45) is 0 Å². The molecular formula is C22H16ClN3O3S. The Hall–Kier alpha value is -3.29. The van der Waals surface area contributed by atoms with Gasteiger partial charge in [0.1, 0.15) is 10.7 Å². The normalized spacial score (nSPS) is 11.6. The lowest BCUT2D eigenvalue weighted by atomic mass is 10.0. The maximum Gasteiger partial charge on any atom is 0.342 e.